The Morgan fingerprint density at radius 2 is 2.14 bits per heavy atom. The first-order chi connectivity index (χ1) is 9.89. The Morgan fingerprint density at radius 1 is 1.38 bits per heavy atom. The van der Waals surface area contributed by atoms with E-state index in [1.807, 2.05) is 0 Å². The smallest absolute Gasteiger partial charge is 0.311 e. The van der Waals surface area contributed by atoms with Crippen molar-refractivity contribution in [3.05, 3.63) is 35.8 Å². The molecule has 2 aromatic rings. The van der Waals surface area contributed by atoms with Gasteiger partial charge in [0.2, 0.25) is 0 Å². The zero-order valence-electron chi connectivity index (χ0n) is 11.4. The van der Waals surface area contributed by atoms with Gasteiger partial charge in [0.25, 0.3) is 5.91 Å². The van der Waals surface area contributed by atoms with Crippen molar-refractivity contribution in [2.75, 3.05) is 13.1 Å². The Bertz CT molecular complexity index is 738. The van der Waals surface area contributed by atoms with Crippen molar-refractivity contribution in [2.45, 2.75) is 13.3 Å². The second kappa shape index (κ2) is 4.58. The van der Waals surface area contributed by atoms with E-state index in [1.54, 1.807) is 6.92 Å². The summed E-state index contributed by atoms with van der Waals surface area (Å²) >= 11 is 0. The van der Waals surface area contributed by atoms with Crippen molar-refractivity contribution < 1.29 is 23.5 Å². The molecule has 5 nitrogen and oxygen atoms in total. The van der Waals surface area contributed by atoms with Gasteiger partial charge < -0.3 is 14.4 Å². The number of amides is 1. The molecule has 1 aromatic carbocycles. The quantitative estimate of drug-likeness (QED) is 0.923. The van der Waals surface area contributed by atoms with Crippen LogP contribution in [0, 0.1) is 11.2 Å². The molecule has 0 saturated carbocycles. The van der Waals surface area contributed by atoms with E-state index in [0.29, 0.717) is 23.9 Å². The Balaban J connectivity index is 1.86. The molecule has 1 aliphatic rings. The predicted molar refractivity (Wildman–Crippen MR) is 72.4 cm³/mol. The van der Waals surface area contributed by atoms with Gasteiger partial charge in [0.05, 0.1) is 5.41 Å². The summed E-state index contributed by atoms with van der Waals surface area (Å²) in [4.78, 5) is 25.0. The molecule has 21 heavy (non-hydrogen) atoms. The van der Waals surface area contributed by atoms with Crippen molar-refractivity contribution >= 4 is 22.8 Å². The number of benzene rings is 1. The Labute approximate surface area is 119 Å². The highest BCUT2D eigenvalue weighted by molar-refractivity contribution is 5.96. The van der Waals surface area contributed by atoms with Gasteiger partial charge in [-0.1, -0.05) is 0 Å². The topological polar surface area (TPSA) is 70.8 Å². The van der Waals surface area contributed by atoms with E-state index in [2.05, 4.69) is 0 Å². The average Bonchev–Trinajstić information content (AvgIpc) is 3.02. The number of rotatable bonds is 2. The number of carbonyl (C=O) groups excluding carboxylic acids is 1. The number of fused-ring (bicyclic) bond motifs is 1. The lowest BCUT2D eigenvalue weighted by atomic mass is 9.90. The molecule has 0 aliphatic carbocycles. The number of furan rings is 1. The average molecular weight is 291 g/mol. The van der Waals surface area contributed by atoms with Crippen LogP contribution >= 0.6 is 0 Å². The van der Waals surface area contributed by atoms with E-state index in [1.165, 1.54) is 29.2 Å². The van der Waals surface area contributed by atoms with Crippen LogP contribution in [0.2, 0.25) is 0 Å². The zero-order chi connectivity index (χ0) is 15.2. The minimum absolute atomic E-state index is 0.102. The van der Waals surface area contributed by atoms with Crippen LogP contribution in [0.25, 0.3) is 11.0 Å². The molecule has 2 heterocycles. The van der Waals surface area contributed by atoms with Crippen LogP contribution in [0.3, 0.4) is 0 Å². The van der Waals surface area contributed by atoms with E-state index in [9.17, 15) is 19.1 Å². The molecular weight excluding hydrogens is 277 g/mol. The van der Waals surface area contributed by atoms with E-state index in [-0.39, 0.29) is 18.2 Å². The summed E-state index contributed by atoms with van der Waals surface area (Å²) in [6, 6.07) is 5.50. The van der Waals surface area contributed by atoms with E-state index >= 15 is 0 Å². The highest BCUT2D eigenvalue weighted by Crippen LogP contribution is 2.31. The van der Waals surface area contributed by atoms with Gasteiger partial charge in [-0.3, -0.25) is 9.59 Å². The molecule has 1 N–H and O–H groups in total. The maximum Gasteiger partial charge on any atom is 0.311 e. The number of carboxylic acids is 1. The maximum atomic E-state index is 13.1. The van der Waals surface area contributed by atoms with Gasteiger partial charge in [-0.05, 0) is 37.6 Å². The van der Waals surface area contributed by atoms with Crippen molar-refractivity contribution in [1.29, 1.82) is 0 Å². The molecule has 1 aromatic heterocycles. The van der Waals surface area contributed by atoms with Crippen LogP contribution < -0.4 is 0 Å². The third kappa shape index (κ3) is 2.26. The second-order valence-electron chi connectivity index (χ2n) is 5.64. The third-order valence-electron chi connectivity index (χ3n) is 3.97. The molecule has 1 aliphatic heterocycles. The first-order valence-corrected chi connectivity index (χ1v) is 6.61. The first-order valence-electron chi connectivity index (χ1n) is 6.61. The first kappa shape index (κ1) is 13.6. The SMILES string of the molecule is C[C@@]1(C(=O)O)CCN(C(=O)c2cc3cc(F)ccc3o2)C1. The van der Waals surface area contributed by atoms with Gasteiger partial charge in [0, 0.05) is 18.5 Å². The van der Waals surface area contributed by atoms with E-state index in [4.69, 9.17) is 4.42 Å². The summed E-state index contributed by atoms with van der Waals surface area (Å²) in [5, 5.41) is 9.70. The van der Waals surface area contributed by atoms with Crippen molar-refractivity contribution in [3.8, 4) is 0 Å². The zero-order valence-corrected chi connectivity index (χ0v) is 11.4. The lowest BCUT2D eigenvalue weighted by Crippen LogP contribution is -2.34. The number of halogens is 1. The lowest BCUT2D eigenvalue weighted by molar-refractivity contribution is -0.147. The van der Waals surface area contributed by atoms with Crippen LogP contribution in [0.1, 0.15) is 23.9 Å². The monoisotopic (exact) mass is 291 g/mol. The lowest BCUT2D eigenvalue weighted by Gasteiger charge is -2.19. The number of aliphatic carboxylic acids is 1. The molecule has 1 amide bonds. The highest BCUT2D eigenvalue weighted by Gasteiger charge is 2.42. The number of carbonyl (C=O) groups is 2. The Kier molecular flexibility index (Phi) is 2.97. The van der Waals surface area contributed by atoms with Gasteiger partial charge in [-0.2, -0.15) is 0 Å². The normalized spacial score (nSPS) is 21.9. The van der Waals surface area contributed by atoms with Crippen LogP contribution in [-0.4, -0.2) is 35.0 Å². The number of likely N-dealkylation sites (tertiary alicyclic amines) is 1. The standard InChI is InChI=1S/C15H14FNO4/c1-15(14(19)20)4-5-17(8-15)13(18)12-7-9-6-10(16)2-3-11(9)21-12/h2-3,6-7H,4-5,8H2,1H3,(H,19,20)/t15-/m1/s1. The molecule has 0 bridgehead atoms. The number of nitrogens with zero attached hydrogens (tertiary/aromatic N) is 1. The molecule has 3 rings (SSSR count). The van der Waals surface area contributed by atoms with Gasteiger partial charge >= 0.3 is 5.97 Å². The van der Waals surface area contributed by atoms with Crippen LogP contribution in [0.5, 0.6) is 0 Å². The molecular formula is C15H14FNO4. The van der Waals surface area contributed by atoms with Crippen LogP contribution in [0.4, 0.5) is 4.39 Å². The fourth-order valence-electron chi connectivity index (χ4n) is 2.58. The predicted octanol–water partition coefficient (Wildman–Crippen LogP) is 2.51. The molecule has 0 radical (unpaired) electrons. The summed E-state index contributed by atoms with van der Waals surface area (Å²) in [5.41, 5.74) is -0.492. The molecule has 0 unspecified atom stereocenters. The minimum Gasteiger partial charge on any atom is -0.481 e. The van der Waals surface area contributed by atoms with Crippen LogP contribution in [-0.2, 0) is 4.79 Å². The van der Waals surface area contributed by atoms with Gasteiger partial charge in [0.1, 0.15) is 11.4 Å². The molecule has 1 saturated heterocycles. The summed E-state index contributed by atoms with van der Waals surface area (Å²) in [5.74, 6) is -1.58. The molecule has 110 valence electrons. The molecule has 1 atom stereocenters. The van der Waals surface area contributed by atoms with E-state index < -0.39 is 17.2 Å². The summed E-state index contributed by atoms with van der Waals surface area (Å²) in [6.07, 6.45) is 0.406. The molecule has 1 fully saturated rings. The van der Waals surface area contributed by atoms with Gasteiger partial charge in [-0.15, -0.1) is 0 Å². The fraction of sp³-hybridized carbons (Fsp3) is 0.333. The third-order valence-corrected chi connectivity index (χ3v) is 3.97. The van der Waals surface area contributed by atoms with Crippen molar-refractivity contribution in [3.63, 3.8) is 0 Å². The van der Waals surface area contributed by atoms with Crippen LogP contribution in [0.15, 0.2) is 28.7 Å². The highest BCUT2D eigenvalue weighted by atomic mass is 19.1. The summed E-state index contributed by atoms with van der Waals surface area (Å²) in [7, 11) is 0. The summed E-state index contributed by atoms with van der Waals surface area (Å²) in [6.45, 7) is 2.14. The second-order valence-corrected chi connectivity index (χ2v) is 5.64. The van der Waals surface area contributed by atoms with Gasteiger partial charge in [0.15, 0.2) is 5.76 Å². The molecule has 6 heteroatoms. The minimum atomic E-state index is -0.923. The van der Waals surface area contributed by atoms with Crippen molar-refractivity contribution in [1.82, 2.24) is 4.90 Å². The number of hydrogen-bond donors (Lipinski definition) is 1. The van der Waals surface area contributed by atoms with Gasteiger partial charge in [-0.25, -0.2) is 4.39 Å². The largest absolute Gasteiger partial charge is 0.481 e. The molecule has 0 spiro atoms. The summed E-state index contributed by atoms with van der Waals surface area (Å²) < 4.78 is 18.6. The maximum absolute atomic E-state index is 13.1. The van der Waals surface area contributed by atoms with Crippen molar-refractivity contribution in [2.24, 2.45) is 5.41 Å². The fourth-order valence-corrected chi connectivity index (χ4v) is 2.58. The number of hydrogen-bond acceptors (Lipinski definition) is 3. The Hall–Kier alpha value is -2.37. The number of carboxylic acid groups (broad SMARTS) is 1. The Morgan fingerprint density at radius 3 is 2.81 bits per heavy atom. The van der Waals surface area contributed by atoms with E-state index in [0.717, 1.165) is 0 Å².